The molecule has 0 radical (unpaired) electrons. The monoisotopic (exact) mass is 325 g/mol. The highest BCUT2D eigenvalue weighted by molar-refractivity contribution is 5.94. The van der Waals surface area contributed by atoms with Crippen LogP contribution in [0.5, 0.6) is 0 Å². The fraction of sp³-hybridized carbons (Fsp3) is 0.125. The summed E-state index contributed by atoms with van der Waals surface area (Å²) in [5, 5.41) is 10.4. The Hall–Kier alpha value is -3.42. The number of primary amides is 1. The Morgan fingerprint density at radius 2 is 2.00 bits per heavy atom. The summed E-state index contributed by atoms with van der Waals surface area (Å²) in [6.45, 7) is 1.88. The summed E-state index contributed by atoms with van der Waals surface area (Å²) in [5.41, 5.74) is 7.37. The summed E-state index contributed by atoms with van der Waals surface area (Å²) in [7, 11) is 0. The Kier molecular flexibility index (Phi) is 4.11. The molecule has 122 valence electrons. The van der Waals surface area contributed by atoms with Crippen molar-refractivity contribution in [3.05, 3.63) is 65.9 Å². The van der Waals surface area contributed by atoms with Gasteiger partial charge < -0.3 is 15.5 Å². The van der Waals surface area contributed by atoms with Gasteiger partial charge in [0.05, 0.1) is 29.8 Å². The highest BCUT2D eigenvalue weighted by atomic mass is 16.3. The van der Waals surface area contributed by atoms with Crippen molar-refractivity contribution in [1.82, 2.24) is 20.3 Å². The van der Waals surface area contributed by atoms with E-state index in [4.69, 9.17) is 10.2 Å². The van der Waals surface area contributed by atoms with Crippen LogP contribution in [0.15, 0.2) is 53.5 Å². The molecule has 2 aromatic heterocycles. The Morgan fingerprint density at radius 1 is 1.25 bits per heavy atom. The number of nitrogens with two attached hydrogens (primary N) is 1. The lowest BCUT2D eigenvalue weighted by Crippen LogP contribution is -2.26. The van der Waals surface area contributed by atoms with E-state index in [0.717, 1.165) is 11.3 Å². The maximum atomic E-state index is 12.0. The normalized spacial score (nSPS) is 11.9. The van der Waals surface area contributed by atoms with Crippen molar-refractivity contribution in [1.29, 1.82) is 0 Å². The molecule has 3 N–H and O–H groups in total. The van der Waals surface area contributed by atoms with Crippen LogP contribution in [-0.2, 0) is 0 Å². The van der Waals surface area contributed by atoms with Gasteiger partial charge >= 0.3 is 0 Å². The maximum Gasteiger partial charge on any atom is 0.270 e. The van der Waals surface area contributed by atoms with Gasteiger partial charge in [0.1, 0.15) is 6.26 Å². The number of nitrogens with one attached hydrogen (secondary N) is 1. The fourth-order valence-corrected chi connectivity index (χ4v) is 2.18. The predicted molar refractivity (Wildman–Crippen MR) is 84.5 cm³/mol. The van der Waals surface area contributed by atoms with Crippen LogP contribution in [0.4, 0.5) is 0 Å². The third-order valence-electron chi connectivity index (χ3n) is 3.53. The van der Waals surface area contributed by atoms with Gasteiger partial charge in [-0.1, -0.05) is 17.3 Å². The summed E-state index contributed by atoms with van der Waals surface area (Å²) in [6, 6.07) is 8.78. The van der Waals surface area contributed by atoms with Crippen molar-refractivity contribution in [3.63, 3.8) is 0 Å². The van der Waals surface area contributed by atoms with E-state index in [2.05, 4.69) is 15.6 Å². The van der Waals surface area contributed by atoms with Gasteiger partial charge in [-0.25, -0.2) is 4.68 Å². The first-order valence-electron chi connectivity index (χ1n) is 7.20. The molecule has 3 rings (SSSR count). The van der Waals surface area contributed by atoms with Gasteiger partial charge in [-0.3, -0.25) is 9.59 Å². The number of hydrogen-bond acceptors (Lipinski definition) is 5. The van der Waals surface area contributed by atoms with Gasteiger partial charge in [0.2, 0.25) is 0 Å². The lowest BCUT2D eigenvalue weighted by atomic mass is 10.1. The lowest BCUT2D eigenvalue weighted by molar-refractivity contribution is 0.0938. The first-order valence-corrected chi connectivity index (χ1v) is 7.20. The fourth-order valence-electron chi connectivity index (χ4n) is 2.18. The van der Waals surface area contributed by atoms with Crippen molar-refractivity contribution >= 4 is 11.8 Å². The average Bonchev–Trinajstić information content (AvgIpc) is 3.26. The number of amides is 2. The molecule has 0 saturated carbocycles. The lowest BCUT2D eigenvalue weighted by Gasteiger charge is -2.14. The van der Waals surface area contributed by atoms with Crippen molar-refractivity contribution < 1.29 is 14.0 Å². The topological polar surface area (TPSA) is 116 Å². The number of aromatic nitrogens is 3. The number of carbonyl (C=O) groups excluding carboxylic acids is 2. The Morgan fingerprint density at radius 3 is 2.58 bits per heavy atom. The molecular formula is C16H15N5O3. The summed E-state index contributed by atoms with van der Waals surface area (Å²) in [5.74, 6) is -0.837. The number of hydrogen-bond donors (Lipinski definition) is 2. The molecule has 2 amide bonds. The number of nitrogens with zero attached hydrogens (tertiary/aromatic N) is 3. The molecule has 2 heterocycles. The zero-order chi connectivity index (χ0) is 17.1. The van der Waals surface area contributed by atoms with Gasteiger partial charge in [-0.05, 0) is 30.7 Å². The van der Waals surface area contributed by atoms with Gasteiger partial charge in [0, 0.05) is 0 Å². The standard InChI is InChI=1S/C16H15N5O3/c1-10(18-16(23)12-6-7-24-9-12)11-2-4-13(5-3-11)21-8-14(15(17)22)19-20-21/h2-10H,1H3,(H2,17,22)(H,18,23)/t10-/m0/s1. The molecule has 0 saturated heterocycles. The van der Waals surface area contributed by atoms with Crippen LogP contribution >= 0.6 is 0 Å². The van der Waals surface area contributed by atoms with Crippen LogP contribution in [0, 0.1) is 0 Å². The van der Waals surface area contributed by atoms with Crippen LogP contribution in [0.3, 0.4) is 0 Å². The number of carbonyl (C=O) groups is 2. The van der Waals surface area contributed by atoms with E-state index >= 15 is 0 Å². The molecule has 0 spiro atoms. The molecule has 8 nitrogen and oxygen atoms in total. The van der Waals surface area contributed by atoms with Gasteiger partial charge in [0.15, 0.2) is 5.69 Å². The van der Waals surface area contributed by atoms with Gasteiger partial charge in [-0.15, -0.1) is 5.10 Å². The number of furan rings is 1. The molecule has 0 aliphatic heterocycles. The van der Waals surface area contributed by atoms with E-state index in [9.17, 15) is 9.59 Å². The highest BCUT2D eigenvalue weighted by Gasteiger charge is 2.13. The van der Waals surface area contributed by atoms with Crippen LogP contribution in [-0.4, -0.2) is 26.8 Å². The maximum absolute atomic E-state index is 12.0. The second kappa shape index (κ2) is 6.37. The summed E-state index contributed by atoms with van der Waals surface area (Å²) in [6.07, 6.45) is 4.31. The van der Waals surface area contributed by atoms with E-state index in [-0.39, 0.29) is 17.6 Å². The van der Waals surface area contributed by atoms with Crippen molar-refractivity contribution in [3.8, 4) is 5.69 Å². The van der Waals surface area contributed by atoms with Gasteiger partial charge in [0.25, 0.3) is 11.8 Å². The van der Waals surface area contributed by atoms with Crippen molar-refractivity contribution in [2.75, 3.05) is 0 Å². The largest absolute Gasteiger partial charge is 0.472 e. The molecule has 8 heteroatoms. The zero-order valence-electron chi connectivity index (χ0n) is 12.8. The van der Waals surface area contributed by atoms with E-state index in [0.29, 0.717) is 5.56 Å². The molecule has 1 aromatic carbocycles. The second-order valence-electron chi connectivity index (χ2n) is 5.21. The molecule has 0 unspecified atom stereocenters. The first-order chi connectivity index (χ1) is 11.5. The quantitative estimate of drug-likeness (QED) is 0.736. The SMILES string of the molecule is C[C@H](NC(=O)c1ccoc1)c1ccc(-n2cc(C(N)=O)nn2)cc1. The highest BCUT2D eigenvalue weighted by Crippen LogP contribution is 2.16. The molecule has 0 aliphatic rings. The van der Waals surface area contributed by atoms with Gasteiger partial charge in [-0.2, -0.15) is 0 Å². The number of rotatable bonds is 5. The molecule has 24 heavy (non-hydrogen) atoms. The predicted octanol–water partition coefficient (Wildman–Crippen LogP) is 1.45. The molecular weight excluding hydrogens is 310 g/mol. The van der Waals surface area contributed by atoms with Crippen molar-refractivity contribution in [2.45, 2.75) is 13.0 Å². The molecule has 0 fully saturated rings. The van der Waals surface area contributed by atoms with Crippen LogP contribution in [0.25, 0.3) is 5.69 Å². The zero-order valence-corrected chi connectivity index (χ0v) is 12.8. The van der Waals surface area contributed by atoms with Crippen LogP contribution in [0.1, 0.15) is 39.4 Å². The minimum Gasteiger partial charge on any atom is -0.472 e. The molecule has 0 bridgehead atoms. The average molecular weight is 325 g/mol. The van der Waals surface area contributed by atoms with E-state index in [1.807, 2.05) is 31.2 Å². The van der Waals surface area contributed by atoms with Crippen LogP contribution < -0.4 is 11.1 Å². The number of benzene rings is 1. The van der Waals surface area contributed by atoms with E-state index < -0.39 is 5.91 Å². The first kappa shape index (κ1) is 15.5. The summed E-state index contributed by atoms with van der Waals surface area (Å²) >= 11 is 0. The molecule has 0 aliphatic carbocycles. The summed E-state index contributed by atoms with van der Waals surface area (Å²) in [4.78, 5) is 23.1. The van der Waals surface area contributed by atoms with E-state index in [1.54, 1.807) is 6.07 Å². The Balaban J connectivity index is 1.71. The van der Waals surface area contributed by atoms with Crippen LogP contribution in [0.2, 0.25) is 0 Å². The third kappa shape index (κ3) is 3.17. The molecule has 3 aromatic rings. The second-order valence-corrected chi connectivity index (χ2v) is 5.21. The third-order valence-corrected chi connectivity index (χ3v) is 3.53. The van der Waals surface area contributed by atoms with E-state index in [1.165, 1.54) is 23.4 Å². The smallest absolute Gasteiger partial charge is 0.270 e. The summed E-state index contributed by atoms with van der Waals surface area (Å²) < 4.78 is 6.35. The minimum atomic E-state index is -0.631. The Bertz CT molecular complexity index is 852. The Labute approximate surface area is 137 Å². The molecule has 1 atom stereocenters. The minimum absolute atomic E-state index is 0.0971. The van der Waals surface area contributed by atoms with Crippen molar-refractivity contribution in [2.24, 2.45) is 5.73 Å².